The summed E-state index contributed by atoms with van der Waals surface area (Å²) in [6.45, 7) is 14.7. The van der Waals surface area contributed by atoms with Gasteiger partial charge in [0.2, 0.25) is 0 Å². The number of benzene rings is 3. The quantitative estimate of drug-likeness (QED) is 0.324. The molecule has 1 aliphatic rings. The molecule has 0 spiro atoms. The standard InChI is InChI=1S/C29H29BO3/c1-7-10-24-25-18-15-21-11-8-9-12-23(21)27(25)31-26(24)19(2)20-13-16-22(17-14-20)30-32-28(3,4)29(5,6)33-30/h7-18H,2H2,1,3-6H3/b10-7-. The van der Waals surface area contributed by atoms with E-state index in [2.05, 4.69) is 88.9 Å². The minimum Gasteiger partial charge on any atom is -0.455 e. The minimum absolute atomic E-state index is 0.363. The van der Waals surface area contributed by atoms with Crippen LogP contribution in [-0.4, -0.2) is 18.3 Å². The van der Waals surface area contributed by atoms with Gasteiger partial charge < -0.3 is 13.7 Å². The first kappa shape index (κ1) is 21.8. The highest BCUT2D eigenvalue weighted by Gasteiger charge is 2.51. The van der Waals surface area contributed by atoms with Crippen molar-refractivity contribution in [2.45, 2.75) is 45.8 Å². The molecule has 4 aromatic rings. The van der Waals surface area contributed by atoms with Crippen molar-refractivity contribution in [3.05, 3.63) is 90.2 Å². The molecule has 0 atom stereocenters. The Kier molecular flexibility index (Phi) is 5.11. The van der Waals surface area contributed by atoms with E-state index in [-0.39, 0.29) is 18.3 Å². The highest BCUT2D eigenvalue weighted by molar-refractivity contribution is 6.62. The summed E-state index contributed by atoms with van der Waals surface area (Å²) in [5.74, 6) is 0.794. The van der Waals surface area contributed by atoms with Crippen molar-refractivity contribution in [1.82, 2.24) is 0 Å². The van der Waals surface area contributed by atoms with Crippen LogP contribution in [0.4, 0.5) is 0 Å². The third-order valence-electron chi connectivity index (χ3n) is 7.01. The van der Waals surface area contributed by atoms with Gasteiger partial charge in [-0.2, -0.15) is 0 Å². The first-order valence-electron chi connectivity index (χ1n) is 11.4. The van der Waals surface area contributed by atoms with Crippen molar-refractivity contribution < 1.29 is 13.7 Å². The summed E-state index contributed by atoms with van der Waals surface area (Å²) in [5, 5.41) is 3.36. The lowest BCUT2D eigenvalue weighted by Crippen LogP contribution is -2.41. The summed E-state index contributed by atoms with van der Waals surface area (Å²) >= 11 is 0. The molecule has 0 radical (unpaired) electrons. The van der Waals surface area contributed by atoms with Gasteiger partial charge in [0.05, 0.1) is 11.2 Å². The Morgan fingerprint density at radius 2 is 1.52 bits per heavy atom. The van der Waals surface area contributed by atoms with E-state index in [0.29, 0.717) is 0 Å². The van der Waals surface area contributed by atoms with Gasteiger partial charge in [0.1, 0.15) is 11.3 Å². The molecule has 166 valence electrons. The van der Waals surface area contributed by atoms with Crippen LogP contribution < -0.4 is 5.46 Å². The lowest BCUT2D eigenvalue weighted by atomic mass is 9.78. The third-order valence-corrected chi connectivity index (χ3v) is 7.01. The Hall–Kier alpha value is -3.08. The number of rotatable bonds is 4. The van der Waals surface area contributed by atoms with Crippen molar-refractivity contribution in [2.75, 3.05) is 0 Å². The Morgan fingerprint density at radius 1 is 0.848 bits per heavy atom. The summed E-state index contributed by atoms with van der Waals surface area (Å²) in [6.07, 6.45) is 4.14. The predicted molar refractivity (Wildman–Crippen MR) is 139 cm³/mol. The smallest absolute Gasteiger partial charge is 0.455 e. The van der Waals surface area contributed by atoms with Gasteiger partial charge in [0.15, 0.2) is 0 Å². The van der Waals surface area contributed by atoms with Crippen LogP contribution in [0.2, 0.25) is 0 Å². The van der Waals surface area contributed by atoms with E-state index in [0.717, 1.165) is 49.7 Å². The van der Waals surface area contributed by atoms with Crippen LogP contribution in [0.25, 0.3) is 33.4 Å². The van der Waals surface area contributed by atoms with Gasteiger partial charge in [-0.3, -0.25) is 0 Å². The van der Waals surface area contributed by atoms with Crippen LogP contribution in [0.5, 0.6) is 0 Å². The summed E-state index contributed by atoms with van der Waals surface area (Å²) < 4.78 is 18.9. The molecule has 0 unspecified atom stereocenters. The molecule has 0 aliphatic carbocycles. The second-order valence-corrected chi connectivity index (χ2v) is 9.70. The van der Waals surface area contributed by atoms with Gasteiger partial charge in [0, 0.05) is 21.9 Å². The van der Waals surface area contributed by atoms with Crippen molar-refractivity contribution in [2.24, 2.45) is 0 Å². The van der Waals surface area contributed by atoms with Gasteiger partial charge in [-0.05, 0) is 57.1 Å². The van der Waals surface area contributed by atoms with Gasteiger partial charge in [-0.25, -0.2) is 0 Å². The summed E-state index contributed by atoms with van der Waals surface area (Å²) in [5.41, 5.74) is 4.07. The van der Waals surface area contributed by atoms with Crippen LogP contribution in [0, 0.1) is 0 Å². The molecule has 1 saturated heterocycles. The second kappa shape index (κ2) is 7.76. The Balaban J connectivity index is 1.53. The average Bonchev–Trinajstić information content (AvgIpc) is 3.27. The highest BCUT2D eigenvalue weighted by atomic mass is 16.7. The Bertz CT molecular complexity index is 1370. The molecule has 4 heteroatoms. The third kappa shape index (κ3) is 3.54. The minimum atomic E-state index is -0.381. The van der Waals surface area contributed by atoms with E-state index in [1.807, 2.05) is 25.1 Å². The molecule has 2 heterocycles. The maximum absolute atomic E-state index is 6.47. The van der Waals surface area contributed by atoms with E-state index in [1.165, 1.54) is 0 Å². The first-order chi connectivity index (χ1) is 15.7. The van der Waals surface area contributed by atoms with E-state index in [1.54, 1.807) is 0 Å². The van der Waals surface area contributed by atoms with Crippen LogP contribution in [0.1, 0.15) is 51.5 Å². The average molecular weight is 436 g/mol. The second-order valence-electron chi connectivity index (χ2n) is 9.70. The zero-order chi connectivity index (χ0) is 23.4. The monoisotopic (exact) mass is 436 g/mol. The zero-order valence-electron chi connectivity index (χ0n) is 19.9. The van der Waals surface area contributed by atoms with Crippen molar-refractivity contribution in [3.8, 4) is 0 Å². The topological polar surface area (TPSA) is 31.6 Å². The number of fused-ring (bicyclic) bond motifs is 3. The first-order valence-corrected chi connectivity index (χ1v) is 11.4. The van der Waals surface area contributed by atoms with E-state index in [4.69, 9.17) is 13.7 Å². The lowest BCUT2D eigenvalue weighted by Gasteiger charge is -2.32. The van der Waals surface area contributed by atoms with Gasteiger partial charge >= 0.3 is 7.12 Å². The van der Waals surface area contributed by atoms with Crippen LogP contribution in [0.15, 0.2) is 77.7 Å². The summed E-state index contributed by atoms with van der Waals surface area (Å²) in [6, 6.07) is 20.8. The molecule has 1 aromatic heterocycles. The molecular formula is C29H29BO3. The van der Waals surface area contributed by atoms with Crippen molar-refractivity contribution in [1.29, 1.82) is 0 Å². The number of hydrogen-bond acceptors (Lipinski definition) is 3. The van der Waals surface area contributed by atoms with E-state index < -0.39 is 0 Å². The van der Waals surface area contributed by atoms with Crippen LogP contribution in [0.3, 0.4) is 0 Å². The normalized spacial score (nSPS) is 17.4. The maximum Gasteiger partial charge on any atom is 0.494 e. The zero-order valence-corrected chi connectivity index (χ0v) is 19.9. The SMILES string of the molecule is C=C(c1ccc(B2OC(C)(C)C(C)(C)O2)cc1)c1oc2c(ccc3ccccc32)c1/C=C\C. The molecule has 0 bridgehead atoms. The van der Waals surface area contributed by atoms with Crippen LogP contribution in [-0.2, 0) is 9.31 Å². The van der Waals surface area contributed by atoms with E-state index in [9.17, 15) is 0 Å². The highest BCUT2D eigenvalue weighted by Crippen LogP contribution is 2.38. The molecule has 0 N–H and O–H groups in total. The number of hydrogen-bond donors (Lipinski definition) is 0. The Labute approximate surface area is 195 Å². The molecule has 5 rings (SSSR count). The van der Waals surface area contributed by atoms with Crippen molar-refractivity contribution >= 4 is 46.0 Å². The molecule has 0 saturated carbocycles. The number of allylic oxidation sites excluding steroid dienone is 1. The van der Waals surface area contributed by atoms with Crippen molar-refractivity contribution in [3.63, 3.8) is 0 Å². The molecule has 3 aromatic carbocycles. The maximum atomic E-state index is 6.47. The fraction of sp³-hybridized carbons (Fsp3) is 0.241. The molecule has 1 aliphatic heterocycles. The fourth-order valence-electron chi connectivity index (χ4n) is 4.35. The molecule has 33 heavy (non-hydrogen) atoms. The Morgan fingerprint density at radius 3 is 2.18 bits per heavy atom. The van der Waals surface area contributed by atoms with Gasteiger partial charge in [-0.1, -0.05) is 73.3 Å². The molecule has 1 fully saturated rings. The van der Waals surface area contributed by atoms with Gasteiger partial charge in [0.25, 0.3) is 0 Å². The van der Waals surface area contributed by atoms with Crippen LogP contribution >= 0.6 is 0 Å². The molecule has 0 amide bonds. The molecular weight excluding hydrogens is 407 g/mol. The largest absolute Gasteiger partial charge is 0.494 e. The molecule has 3 nitrogen and oxygen atoms in total. The summed E-state index contributed by atoms with van der Waals surface area (Å²) in [4.78, 5) is 0. The van der Waals surface area contributed by atoms with E-state index >= 15 is 0 Å². The predicted octanol–water partition coefficient (Wildman–Crippen LogP) is 6.98. The summed E-state index contributed by atoms with van der Waals surface area (Å²) in [7, 11) is -0.381. The number of furan rings is 1. The van der Waals surface area contributed by atoms with Gasteiger partial charge in [-0.15, -0.1) is 0 Å². The fourth-order valence-corrected chi connectivity index (χ4v) is 4.35. The lowest BCUT2D eigenvalue weighted by molar-refractivity contribution is 0.00578.